The van der Waals surface area contributed by atoms with Gasteiger partial charge in [0.05, 0.1) is 17.4 Å². The first-order valence-electron chi connectivity index (χ1n) is 4.90. The number of aromatic nitrogens is 2. The van der Waals surface area contributed by atoms with Crippen LogP contribution in [0.2, 0.25) is 0 Å². The van der Waals surface area contributed by atoms with Crippen molar-refractivity contribution in [3.63, 3.8) is 0 Å². The second kappa shape index (κ2) is 3.79. The molecule has 0 amide bonds. The first-order chi connectivity index (χ1) is 7.08. The van der Waals surface area contributed by atoms with E-state index in [1.165, 1.54) is 9.75 Å². The van der Waals surface area contributed by atoms with Crippen LogP contribution in [-0.4, -0.2) is 9.78 Å². The summed E-state index contributed by atoms with van der Waals surface area (Å²) in [6, 6.07) is 6.17. The van der Waals surface area contributed by atoms with E-state index in [-0.39, 0.29) is 6.04 Å². The smallest absolute Gasteiger partial charge is 0.0816 e. The van der Waals surface area contributed by atoms with Gasteiger partial charge in [0.15, 0.2) is 0 Å². The van der Waals surface area contributed by atoms with Gasteiger partial charge in [-0.3, -0.25) is 4.68 Å². The molecule has 2 aromatic rings. The molecule has 0 radical (unpaired) electrons. The Balaban J connectivity index is 2.35. The Labute approximate surface area is 93.5 Å². The van der Waals surface area contributed by atoms with E-state index in [4.69, 9.17) is 5.73 Å². The first kappa shape index (κ1) is 10.4. The van der Waals surface area contributed by atoms with Crippen molar-refractivity contribution in [3.05, 3.63) is 39.3 Å². The van der Waals surface area contributed by atoms with Crippen LogP contribution in [0.15, 0.2) is 18.2 Å². The van der Waals surface area contributed by atoms with Gasteiger partial charge in [-0.15, -0.1) is 11.3 Å². The van der Waals surface area contributed by atoms with Gasteiger partial charge in [-0.05, 0) is 32.0 Å². The molecule has 0 aromatic carbocycles. The molecule has 0 fully saturated rings. The second-order valence-corrected chi connectivity index (χ2v) is 5.08. The Morgan fingerprint density at radius 1 is 1.40 bits per heavy atom. The zero-order chi connectivity index (χ0) is 11.0. The zero-order valence-electron chi connectivity index (χ0n) is 9.19. The molecule has 0 aliphatic rings. The van der Waals surface area contributed by atoms with E-state index in [0.29, 0.717) is 0 Å². The largest absolute Gasteiger partial charge is 0.318 e. The van der Waals surface area contributed by atoms with Gasteiger partial charge in [-0.1, -0.05) is 0 Å². The third-order valence-corrected chi connectivity index (χ3v) is 3.51. The molecule has 0 aliphatic carbocycles. The maximum Gasteiger partial charge on any atom is 0.0816 e. The Bertz CT molecular complexity index is 470. The third-order valence-electron chi connectivity index (χ3n) is 2.42. The SMILES string of the molecule is Cc1cc(C(N)c2ccc(C)s2)n(C)n1. The second-order valence-electron chi connectivity index (χ2n) is 3.76. The molecule has 2 N–H and O–H groups in total. The minimum Gasteiger partial charge on any atom is -0.318 e. The first-order valence-corrected chi connectivity index (χ1v) is 5.72. The number of rotatable bonds is 2. The predicted molar refractivity (Wildman–Crippen MR) is 63.0 cm³/mol. The Kier molecular flexibility index (Phi) is 2.63. The average Bonchev–Trinajstić information content (AvgIpc) is 2.71. The topological polar surface area (TPSA) is 43.8 Å². The van der Waals surface area contributed by atoms with Gasteiger partial charge < -0.3 is 5.73 Å². The molecule has 2 rings (SSSR count). The molecule has 2 aromatic heterocycles. The van der Waals surface area contributed by atoms with E-state index in [1.54, 1.807) is 11.3 Å². The van der Waals surface area contributed by atoms with E-state index < -0.39 is 0 Å². The molecule has 0 saturated heterocycles. The van der Waals surface area contributed by atoms with Crippen LogP contribution < -0.4 is 5.73 Å². The molecular weight excluding hydrogens is 206 g/mol. The van der Waals surface area contributed by atoms with Gasteiger partial charge in [0, 0.05) is 16.8 Å². The van der Waals surface area contributed by atoms with Gasteiger partial charge in [0.2, 0.25) is 0 Å². The lowest BCUT2D eigenvalue weighted by Crippen LogP contribution is -2.14. The van der Waals surface area contributed by atoms with Crippen LogP contribution in [0.5, 0.6) is 0 Å². The minimum atomic E-state index is -0.0603. The van der Waals surface area contributed by atoms with E-state index in [0.717, 1.165) is 11.4 Å². The van der Waals surface area contributed by atoms with Gasteiger partial charge in [0.1, 0.15) is 0 Å². The molecule has 80 valence electrons. The summed E-state index contributed by atoms with van der Waals surface area (Å²) in [6.45, 7) is 4.07. The molecular formula is C11H15N3S. The summed E-state index contributed by atoms with van der Waals surface area (Å²) in [7, 11) is 1.93. The number of aryl methyl sites for hydroxylation is 3. The summed E-state index contributed by atoms with van der Waals surface area (Å²) in [5.41, 5.74) is 8.27. The predicted octanol–water partition coefficient (Wildman–Crippen LogP) is 2.15. The molecule has 2 heterocycles. The van der Waals surface area contributed by atoms with Gasteiger partial charge >= 0.3 is 0 Å². The van der Waals surface area contributed by atoms with Crippen molar-refractivity contribution in [2.24, 2.45) is 12.8 Å². The number of hydrogen-bond acceptors (Lipinski definition) is 3. The number of thiophene rings is 1. The van der Waals surface area contributed by atoms with Crippen molar-refractivity contribution in [1.82, 2.24) is 9.78 Å². The summed E-state index contributed by atoms with van der Waals surface area (Å²) in [6.07, 6.45) is 0. The summed E-state index contributed by atoms with van der Waals surface area (Å²) in [5, 5.41) is 4.31. The molecule has 1 unspecified atom stereocenters. The quantitative estimate of drug-likeness (QED) is 0.844. The lowest BCUT2D eigenvalue weighted by atomic mass is 10.2. The van der Waals surface area contributed by atoms with Crippen LogP contribution in [0.1, 0.15) is 27.2 Å². The van der Waals surface area contributed by atoms with E-state index in [1.807, 2.05) is 24.7 Å². The molecule has 3 nitrogen and oxygen atoms in total. The monoisotopic (exact) mass is 221 g/mol. The van der Waals surface area contributed by atoms with Crippen LogP contribution >= 0.6 is 11.3 Å². The average molecular weight is 221 g/mol. The third kappa shape index (κ3) is 1.96. The van der Waals surface area contributed by atoms with Gasteiger partial charge in [-0.2, -0.15) is 5.10 Å². The molecule has 0 aliphatic heterocycles. The Morgan fingerprint density at radius 3 is 2.60 bits per heavy atom. The highest BCUT2D eigenvalue weighted by Gasteiger charge is 2.15. The zero-order valence-corrected chi connectivity index (χ0v) is 10.0. The van der Waals surface area contributed by atoms with Gasteiger partial charge in [0.25, 0.3) is 0 Å². The molecule has 4 heteroatoms. The highest BCUT2D eigenvalue weighted by molar-refractivity contribution is 7.12. The number of nitrogens with zero attached hydrogens (tertiary/aromatic N) is 2. The van der Waals surface area contributed by atoms with Crippen LogP contribution in [0, 0.1) is 13.8 Å². The summed E-state index contributed by atoms with van der Waals surface area (Å²) in [5.74, 6) is 0. The van der Waals surface area contributed by atoms with Crippen molar-refractivity contribution >= 4 is 11.3 Å². The summed E-state index contributed by atoms with van der Waals surface area (Å²) < 4.78 is 1.86. The fourth-order valence-corrected chi connectivity index (χ4v) is 2.58. The molecule has 0 spiro atoms. The summed E-state index contributed by atoms with van der Waals surface area (Å²) in [4.78, 5) is 2.48. The van der Waals surface area contributed by atoms with Crippen molar-refractivity contribution < 1.29 is 0 Å². The summed E-state index contributed by atoms with van der Waals surface area (Å²) >= 11 is 1.74. The minimum absolute atomic E-state index is 0.0603. The maximum absolute atomic E-state index is 6.19. The standard InChI is InChI=1S/C11H15N3S/c1-7-6-9(14(3)13-7)11(12)10-5-4-8(2)15-10/h4-6,11H,12H2,1-3H3. The maximum atomic E-state index is 6.19. The molecule has 15 heavy (non-hydrogen) atoms. The van der Waals surface area contributed by atoms with Crippen LogP contribution in [0.3, 0.4) is 0 Å². The van der Waals surface area contributed by atoms with Crippen LogP contribution in [0.25, 0.3) is 0 Å². The number of nitrogens with two attached hydrogens (primary N) is 1. The van der Waals surface area contributed by atoms with Gasteiger partial charge in [-0.25, -0.2) is 0 Å². The van der Waals surface area contributed by atoms with E-state index in [9.17, 15) is 0 Å². The number of hydrogen-bond donors (Lipinski definition) is 1. The highest BCUT2D eigenvalue weighted by atomic mass is 32.1. The van der Waals surface area contributed by atoms with Crippen molar-refractivity contribution in [2.45, 2.75) is 19.9 Å². The fraction of sp³-hybridized carbons (Fsp3) is 0.364. The van der Waals surface area contributed by atoms with E-state index in [2.05, 4.69) is 24.2 Å². The molecule has 1 atom stereocenters. The highest BCUT2D eigenvalue weighted by Crippen LogP contribution is 2.26. The Hall–Kier alpha value is -1.13. The Morgan fingerprint density at radius 2 is 2.13 bits per heavy atom. The fourth-order valence-electron chi connectivity index (χ4n) is 1.69. The molecule has 0 saturated carbocycles. The van der Waals surface area contributed by atoms with Crippen LogP contribution in [-0.2, 0) is 7.05 Å². The lowest BCUT2D eigenvalue weighted by Gasteiger charge is -2.09. The van der Waals surface area contributed by atoms with Crippen molar-refractivity contribution in [2.75, 3.05) is 0 Å². The normalized spacial score (nSPS) is 13.1. The molecule has 0 bridgehead atoms. The van der Waals surface area contributed by atoms with Crippen LogP contribution in [0.4, 0.5) is 0 Å². The van der Waals surface area contributed by atoms with Crippen molar-refractivity contribution in [3.8, 4) is 0 Å². The van der Waals surface area contributed by atoms with E-state index >= 15 is 0 Å². The lowest BCUT2D eigenvalue weighted by molar-refractivity contribution is 0.674. The van der Waals surface area contributed by atoms with Crippen molar-refractivity contribution in [1.29, 1.82) is 0 Å².